The van der Waals surface area contributed by atoms with Crippen LogP contribution in [-0.2, 0) is 19.1 Å². The van der Waals surface area contributed by atoms with Crippen LogP contribution in [-0.4, -0.2) is 55.5 Å². The van der Waals surface area contributed by atoms with E-state index in [-0.39, 0.29) is 19.1 Å². The third-order valence-corrected chi connectivity index (χ3v) is 5.68. The number of alkyl carbamates (subject to hydrolysis) is 1. The van der Waals surface area contributed by atoms with Gasteiger partial charge in [-0.25, -0.2) is 9.59 Å². The molecule has 3 rings (SSSR count). The predicted octanol–water partition coefficient (Wildman–Crippen LogP) is 3.16. The second-order valence-electron chi connectivity index (χ2n) is 9.12. The highest BCUT2D eigenvalue weighted by atomic mass is 16.5. The summed E-state index contributed by atoms with van der Waals surface area (Å²) in [6, 6.07) is 13.8. The first-order chi connectivity index (χ1) is 15.6. The molecule has 0 saturated carbocycles. The minimum atomic E-state index is -1.23. The van der Waals surface area contributed by atoms with Crippen LogP contribution in [0.25, 0.3) is 11.1 Å². The van der Waals surface area contributed by atoms with Gasteiger partial charge < -0.3 is 25.2 Å². The van der Waals surface area contributed by atoms with Crippen LogP contribution in [0, 0.1) is 5.41 Å². The normalized spacial score (nSPS) is 14.5. The van der Waals surface area contributed by atoms with Crippen molar-refractivity contribution in [3.63, 3.8) is 0 Å². The molecule has 2 aromatic carbocycles. The number of amides is 2. The summed E-state index contributed by atoms with van der Waals surface area (Å²) in [5.74, 6) is -1.96. The third kappa shape index (κ3) is 5.51. The summed E-state index contributed by atoms with van der Waals surface area (Å²) in [5, 5.41) is 14.3. The lowest BCUT2D eigenvalue weighted by molar-refractivity contribution is -0.144. The molecule has 176 valence electrons. The quantitative estimate of drug-likeness (QED) is 0.565. The average Bonchev–Trinajstić information content (AvgIpc) is 3.08. The standard InChI is InChI=1S/C25H30N2O6/c1-25(2,3)21(22(28)26-20(14-32-4)23(29)30)27-24(31)33-13-19-17-11-7-5-9-15(17)16-10-6-8-12-18(16)19/h5-12,19-21H,13-14H2,1-4H3,(H,26,28)(H,27,31)(H,29,30)/t20?,21-/m0/s1. The summed E-state index contributed by atoms with van der Waals surface area (Å²) in [6.07, 6.45) is -0.745. The number of ether oxygens (including phenoxy) is 2. The zero-order chi connectivity index (χ0) is 24.2. The Kier molecular flexibility index (Phi) is 7.38. The molecule has 0 aliphatic heterocycles. The Hall–Kier alpha value is -3.39. The van der Waals surface area contributed by atoms with Crippen LogP contribution in [0.2, 0.25) is 0 Å². The highest BCUT2D eigenvalue weighted by Gasteiger charge is 2.36. The maximum Gasteiger partial charge on any atom is 0.407 e. The summed E-state index contributed by atoms with van der Waals surface area (Å²) in [6.45, 7) is 5.23. The number of hydrogen-bond donors (Lipinski definition) is 3. The van der Waals surface area contributed by atoms with Gasteiger partial charge in [0.2, 0.25) is 5.91 Å². The maximum absolute atomic E-state index is 12.8. The summed E-state index contributed by atoms with van der Waals surface area (Å²) in [4.78, 5) is 36.8. The lowest BCUT2D eigenvalue weighted by atomic mass is 9.86. The van der Waals surface area contributed by atoms with Gasteiger partial charge in [-0.15, -0.1) is 0 Å². The fraction of sp³-hybridized carbons (Fsp3) is 0.400. The summed E-state index contributed by atoms with van der Waals surface area (Å²) in [7, 11) is 1.35. The third-order valence-electron chi connectivity index (χ3n) is 5.68. The monoisotopic (exact) mass is 454 g/mol. The van der Waals surface area contributed by atoms with Gasteiger partial charge in [-0.2, -0.15) is 0 Å². The molecule has 1 aliphatic carbocycles. The van der Waals surface area contributed by atoms with E-state index in [9.17, 15) is 19.5 Å². The molecule has 2 atom stereocenters. The Balaban J connectivity index is 1.69. The van der Waals surface area contributed by atoms with Crippen molar-refractivity contribution in [2.75, 3.05) is 20.3 Å². The van der Waals surface area contributed by atoms with Crippen LogP contribution >= 0.6 is 0 Å². The van der Waals surface area contributed by atoms with Gasteiger partial charge in [0.05, 0.1) is 6.61 Å². The molecule has 0 heterocycles. The number of rotatable bonds is 8. The highest BCUT2D eigenvalue weighted by molar-refractivity contribution is 5.90. The molecule has 33 heavy (non-hydrogen) atoms. The first-order valence-corrected chi connectivity index (χ1v) is 10.8. The van der Waals surface area contributed by atoms with Crippen LogP contribution in [0.5, 0.6) is 0 Å². The van der Waals surface area contributed by atoms with Gasteiger partial charge >= 0.3 is 12.1 Å². The number of fused-ring (bicyclic) bond motifs is 3. The Morgan fingerprint density at radius 3 is 2.00 bits per heavy atom. The number of nitrogens with one attached hydrogen (secondary N) is 2. The Labute approximate surface area is 193 Å². The largest absolute Gasteiger partial charge is 0.480 e. The van der Waals surface area contributed by atoms with Crippen molar-refractivity contribution in [1.82, 2.24) is 10.6 Å². The topological polar surface area (TPSA) is 114 Å². The lowest BCUT2D eigenvalue weighted by Crippen LogP contribution is -2.57. The summed E-state index contributed by atoms with van der Waals surface area (Å²) < 4.78 is 10.4. The van der Waals surface area contributed by atoms with Crippen LogP contribution in [0.15, 0.2) is 48.5 Å². The van der Waals surface area contributed by atoms with Gasteiger partial charge in [-0.05, 0) is 27.7 Å². The average molecular weight is 455 g/mol. The van der Waals surface area contributed by atoms with Crippen molar-refractivity contribution in [3.8, 4) is 11.1 Å². The zero-order valence-electron chi connectivity index (χ0n) is 19.3. The smallest absolute Gasteiger partial charge is 0.407 e. The number of carbonyl (C=O) groups is 3. The lowest BCUT2D eigenvalue weighted by Gasteiger charge is -2.31. The van der Waals surface area contributed by atoms with Crippen LogP contribution in [0.4, 0.5) is 4.79 Å². The van der Waals surface area contributed by atoms with E-state index in [1.165, 1.54) is 7.11 Å². The van der Waals surface area contributed by atoms with E-state index in [1.807, 2.05) is 48.5 Å². The number of carboxylic acid groups (broad SMARTS) is 1. The number of benzene rings is 2. The Bertz CT molecular complexity index is 984. The minimum Gasteiger partial charge on any atom is -0.480 e. The van der Waals surface area contributed by atoms with Gasteiger partial charge in [0.1, 0.15) is 12.6 Å². The molecule has 0 aromatic heterocycles. The molecule has 2 amide bonds. The summed E-state index contributed by atoms with van der Waals surface area (Å²) in [5.41, 5.74) is 3.71. The van der Waals surface area contributed by atoms with Crippen molar-refractivity contribution in [2.45, 2.75) is 38.8 Å². The van der Waals surface area contributed by atoms with Crippen LogP contribution < -0.4 is 10.6 Å². The zero-order valence-corrected chi connectivity index (χ0v) is 19.3. The van der Waals surface area contributed by atoms with E-state index >= 15 is 0 Å². The summed E-state index contributed by atoms with van der Waals surface area (Å²) >= 11 is 0. The van der Waals surface area contributed by atoms with E-state index in [0.717, 1.165) is 22.3 Å². The first kappa shape index (κ1) is 24.3. The first-order valence-electron chi connectivity index (χ1n) is 10.8. The van der Waals surface area contributed by atoms with Crippen molar-refractivity contribution in [1.29, 1.82) is 0 Å². The Morgan fingerprint density at radius 2 is 1.52 bits per heavy atom. The molecule has 0 bridgehead atoms. The number of carbonyl (C=O) groups excluding carboxylic acids is 2. The molecule has 0 radical (unpaired) electrons. The molecule has 3 N–H and O–H groups in total. The fourth-order valence-electron chi connectivity index (χ4n) is 4.03. The van der Waals surface area contributed by atoms with Crippen molar-refractivity contribution in [3.05, 3.63) is 59.7 Å². The molecular formula is C25H30N2O6. The molecule has 0 saturated heterocycles. The number of hydrogen-bond acceptors (Lipinski definition) is 5. The van der Waals surface area contributed by atoms with Crippen molar-refractivity contribution < 1.29 is 29.0 Å². The van der Waals surface area contributed by atoms with Gasteiger partial charge in [-0.1, -0.05) is 69.3 Å². The maximum atomic E-state index is 12.8. The van der Waals surface area contributed by atoms with Crippen molar-refractivity contribution >= 4 is 18.0 Å². The van der Waals surface area contributed by atoms with E-state index in [2.05, 4.69) is 10.6 Å². The molecule has 8 nitrogen and oxygen atoms in total. The van der Waals surface area contributed by atoms with E-state index in [1.54, 1.807) is 20.8 Å². The number of carboxylic acids is 1. The molecular weight excluding hydrogens is 424 g/mol. The van der Waals surface area contributed by atoms with Gasteiger partial charge in [0.25, 0.3) is 0 Å². The predicted molar refractivity (Wildman–Crippen MR) is 123 cm³/mol. The molecule has 2 aromatic rings. The van der Waals surface area contributed by atoms with Gasteiger partial charge in [-0.3, -0.25) is 4.79 Å². The number of methoxy groups -OCH3 is 1. The minimum absolute atomic E-state index is 0.108. The SMILES string of the molecule is COCC(NC(=O)[C@H](NC(=O)OCC1c2ccccc2-c2ccccc21)C(C)(C)C)C(=O)O. The second kappa shape index (κ2) is 10.0. The molecule has 8 heteroatoms. The highest BCUT2D eigenvalue weighted by Crippen LogP contribution is 2.44. The molecule has 1 aliphatic rings. The number of aliphatic carboxylic acids is 1. The molecule has 1 unspecified atom stereocenters. The van der Waals surface area contributed by atoms with Crippen LogP contribution in [0.1, 0.15) is 37.8 Å². The Morgan fingerprint density at radius 1 is 0.970 bits per heavy atom. The van der Waals surface area contributed by atoms with E-state index < -0.39 is 35.5 Å². The second-order valence-corrected chi connectivity index (χ2v) is 9.12. The van der Waals surface area contributed by atoms with Gasteiger partial charge in [0.15, 0.2) is 6.04 Å². The van der Waals surface area contributed by atoms with Crippen molar-refractivity contribution in [2.24, 2.45) is 5.41 Å². The fourth-order valence-corrected chi connectivity index (χ4v) is 4.03. The van der Waals surface area contributed by atoms with E-state index in [4.69, 9.17) is 9.47 Å². The molecule has 0 spiro atoms. The van der Waals surface area contributed by atoms with Gasteiger partial charge in [0, 0.05) is 13.0 Å². The van der Waals surface area contributed by atoms with Crippen LogP contribution in [0.3, 0.4) is 0 Å². The van der Waals surface area contributed by atoms with E-state index in [0.29, 0.717) is 0 Å². The molecule has 0 fully saturated rings.